The average Bonchev–Trinajstić information content (AvgIpc) is 2.62. The van der Waals surface area contributed by atoms with Crippen LogP contribution in [0.1, 0.15) is 36.7 Å². The number of anilines is 1. The van der Waals surface area contributed by atoms with Gasteiger partial charge in [-0.2, -0.15) is 0 Å². The van der Waals surface area contributed by atoms with Crippen molar-refractivity contribution in [2.24, 2.45) is 5.92 Å². The maximum Gasteiger partial charge on any atom is 0.251 e. The molecule has 2 rings (SSSR count). The Labute approximate surface area is 168 Å². The molecule has 2 amide bonds. The maximum absolute atomic E-state index is 12.7. The molecule has 144 valence electrons. The minimum absolute atomic E-state index is 0.0686. The number of halogens is 1. The molecular formula is C21H25BrN2O3. The summed E-state index contributed by atoms with van der Waals surface area (Å²) in [7, 11) is 0. The zero-order valence-corrected chi connectivity index (χ0v) is 17.6. The van der Waals surface area contributed by atoms with E-state index in [4.69, 9.17) is 4.74 Å². The van der Waals surface area contributed by atoms with Crippen LogP contribution in [0.3, 0.4) is 0 Å². The Morgan fingerprint density at radius 3 is 2.33 bits per heavy atom. The lowest BCUT2D eigenvalue weighted by Gasteiger charge is -2.22. The molecule has 0 heterocycles. The average molecular weight is 433 g/mol. The van der Waals surface area contributed by atoms with Crippen molar-refractivity contribution in [3.63, 3.8) is 0 Å². The Morgan fingerprint density at radius 2 is 1.78 bits per heavy atom. The monoisotopic (exact) mass is 432 g/mol. The lowest BCUT2D eigenvalue weighted by molar-refractivity contribution is -0.118. The van der Waals surface area contributed by atoms with Crippen LogP contribution in [0.15, 0.2) is 46.9 Å². The first-order chi connectivity index (χ1) is 12.8. The summed E-state index contributed by atoms with van der Waals surface area (Å²) in [5, 5.41) is 5.71. The number of nitrogens with one attached hydrogen (secondary N) is 2. The number of aryl methyl sites for hydroxylation is 1. The molecule has 27 heavy (non-hydrogen) atoms. The summed E-state index contributed by atoms with van der Waals surface area (Å²) >= 11 is 3.45. The predicted molar refractivity (Wildman–Crippen MR) is 111 cm³/mol. The highest BCUT2D eigenvalue weighted by molar-refractivity contribution is 9.10. The molecule has 0 aromatic heterocycles. The van der Waals surface area contributed by atoms with Gasteiger partial charge in [-0.05, 0) is 77.7 Å². The molecule has 0 saturated carbocycles. The van der Waals surface area contributed by atoms with Crippen LogP contribution in [0.5, 0.6) is 5.75 Å². The van der Waals surface area contributed by atoms with Crippen molar-refractivity contribution in [2.45, 2.75) is 33.7 Å². The van der Waals surface area contributed by atoms with Crippen molar-refractivity contribution in [1.29, 1.82) is 0 Å². The lowest BCUT2D eigenvalue weighted by Crippen LogP contribution is -2.47. The number of hydrogen-bond donors (Lipinski definition) is 2. The van der Waals surface area contributed by atoms with Gasteiger partial charge in [0.1, 0.15) is 11.8 Å². The molecule has 6 heteroatoms. The maximum atomic E-state index is 12.7. The van der Waals surface area contributed by atoms with Crippen molar-refractivity contribution < 1.29 is 14.3 Å². The number of carbonyl (C=O) groups is 2. The second-order valence-corrected chi connectivity index (χ2v) is 7.48. The largest absolute Gasteiger partial charge is 0.494 e. The van der Waals surface area contributed by atoms with Crippen molar-refractivity contribution in [1.82, 2.24) is 5.32 Å². The van der Waals surface area contributed by atoms with Crippen LogP contribution in [-0.2, 0) is 4.79 Å². The fourth-order valence-corrected chi connectivity index (χ4v) is 3.15. The molecule has 0 radical (unpaired) electrons. The number of amides is 2. The van der Waals surface area contributed by atoms with Gasteiger partial charge >= 0.3 is 0 Å². The molecule has 5 nitrogen and oxygen atoms in total. The first-order valence-corrected chi connectivity index (χ1v) is 9.71. The second-order valence-electron chi connectivity index (χ2n) is 6.63. The van der Waals surface area contributed by atoms with E-state index in [1.807, 2.05) is 45.9 Å². The highest BCUT2D eigenvalue weighted by atomic mass is 79.9. The summed E-state index contributed by atoms with van der Waals surface area (Å²) in [5.74, 6) is 0.0843. The van der Waals surface area contributed by atoms with Gasteiger partial charge in [0.25, 0.3) is 5.91 Å². The van der Waals surface area contributed by atoms with Gasteiger partial charge in [0.15, 0.2) is 0 Å². The summed E-state index contributed by atoms with van der Waals surface area (Å²) < 4.78 is 6.19. The normalized spacial score (nSPS) is 11.8. The van der Waals surface area contributed by atoms with Gasteiger partial charge in [-0.1, -0.05) is 19.9 Å². The Kier molecular flexibility index (Phi) is 7.42. The molecule has 0 aliphatic rings. The molecule has 0 fully saturated rings. The van der Waals surface area contributed by atoms with Crippen LogP contribution in [0.25, 0.3) is 0 Å². The number of benzene rings is 2. The molecule has 0 aliphatic heterocycles. The summed E-state index contributed by atoms with van der Waals surface area (Å²) in [5.41, 5.74) is 2.24. The molecule has 2 aromatic carbocycles. The standard InChI is InChI=1S/C21H25BrN2O3/c1-5-27-16-9-7-15(8-10-16)20(25)24-19(13(2)3)21(26)23-18-11-6-14(4)12-17(18)22/h6-13,19H,5H2,1-4H3,(H,23,26)(H,24,25)/t19-/m1/s1. The van der Waals surface area contributed by atoms with Crippen molar-refractivity contribution in [2.75, 3.05) is 11.9 Å². The summed E-state index contributed by atoms with van der Waals surface area (Å²) in [6, 6.07) is 11.9. The van der Waals surface area contributed by atoms with Gasteiger partial charge in [0.2, 0.25) is 5.91 Å². The minimum atomic E-state index is -0.655. The quantitative estimate of drug-likeness (QED) is 0.673. The van der Waals surface area contributed by atoms with Crippen LogP contribution in [0.2, 0.25) is 0 Å². The smallest absolute Gasteiger partial charge is 0.251 e. The van der Waals surface area contributed by atoms with Crippen molar-refractivity contribution in [3.05, 3.63) is 58.1 Å². The zero-order valence-electron chi connectivity index (χ0n) is 16.0. The van der Waals surface area contributed by atoms with Crippen LogP contribution < -0.4 is 15.4 Å². The molecule has 1 atom stereocenters. The van der Waals surface area contributed by atoms with E-state index in [1.54, 1.807) is 24.3 Å². The highest BCUT2D eigenvalue weighted by Gasteiger charge is 2.25. The van der Waals surface area contributed by atoms with E-state index in [-0.39, 0.29) is 17.7 Å². The summed E-state index contributed by atoms with van der Waals surface area (Å²) in [4.78, 5) is 25.3. The number of hydrogen-bond acceptors (Lipinski definition) is 3. The van der Waals surface area contributed by atoms with E-state index in [0.717, 1.165) is 10.0 Å². The van der Waals surface area contributed by atoms with Gasteiger partial charge in [-0.15, -0.1) is 0 Å². The summed E-state index contributed by atoms with van der Waals surface area (Å²) in [6.07, 6.45) is 0. The van der Waals surface area contributed by atoms with Crippen molar-refractivity contribution >= 4 is 33.4 Å². The van der Waals surface area contributed by atoms with E-state index in [1.165, 1.54) is 0 Å². The van der Waals surface area contributed by atoms with Gasteiger partial charge < -0.3 is 15.4 Å². The summed E-state index contributed by atoms with van der Waals surface area (Å²) in [6.45, 7) is 8.23. The van der Waals surface area contributed by atoms with E-state index in [2.05, 4.69) is 26.6 Å². The van der Waals surface area contributed by atoms with Gasteiger partial charge in [0.05, 0.1) is 12.3 Å². The lowest BCUT2D eigenvalue weighted by atomic mass is 10.0. The van der Waals surface area contributed by atoms with Crippen LogP contribution in [-0.4, -0.2) is 24.5 Å². The van der Waals surface area contributed by atoms with Gasteiger partial charge in [-0.25, -0.2) is 0 Å². The van der Waals surface area contributed by atoms with Crippen LogP contribution >= 0.6 is 15.9 Å². The van der Waals surface area contributed by atoms with E-state index in [0.29, 0.717) is 23.6 Å². The third-order valence-corrected chi connectivity index (χ3v) is 4.70. The van der Waals surface area contributed by atoms with E-state index < -0.39 is 6.04 Å². The zero-order chi connectivity index (χ0) is 20.0. The first kappa shape index (κ1) is 21.0. The van der Waals surface area contributed by atoms with Crippen molar-refractivity contribution in [3.8, 4) is 5.75 Å². The molecule has 2 aromatic rings. The number of carbonyl (C=O) groups excluding carboxylic acids is 2. The fraction of sp³-hybridized carbons (Fsp3) is 0.333. The Balaban J connectivity index is 2.09. The third-order valence-electron chi connectivity index (χ3n) is 4.05. The number of rotatable bonds is 7. The molecular weight excluding hydrogens is 408 g/mol. The number of ether oxygens (including phenoxy) is 1. The molecule has 0 bridgehead atoms. The van der Waals surface area contributed by atoms with Gasteiger partial charge in [-0.3, -0.25) is 9.59 Å². The van der Waals surface area contributed by atoms with E-state index >= 15 is 0 Å². The highest BCUT2D eigenvalue weighted by Crippen LogP contribution is 2.24. The second kappa shape index (κ2) is 9.55. The Hall–Kier alpha value is -2.34. The van der Waals surface area contributed by atoms with Gasteiger partial charge in [0, 0.05) is 10.0 Å². The molecule has 0 unspecified atom stereocenters. The third kappa shape index (κ3) is 5.82. The molecule has 0 spiro atoms. The fourth-order valence-electron chi connectivity index (χ4n) is 2.56. The first-order valence-electron chi connectivity index (χ1n) is 8.92. The topological polar surface area (TPSA) is 67.4 Å². The van der Waals surface area contributed by atoms with E-state index in [9.17, 15) is 9.59 Å². The molecule has 2 N–H and O–H groups in total. The SMILES string of the molecule is CCOc1ccc(C(=O)N[C@@H](C(=O)Nc2ccc(C)cc2Br)C(C)C)cc1. The predicted octanol–water partition coefficient (Wildman–Crippen LogP) is 4.55. The Bertz CT molecular complexity index is 804. The molecule has 0 aliphatic carbocycles. The molecule has 0 saturated heterocycles. The van der Waals surface area contributed by atoms with Crippen LogP contribution in [0.4, 0.5) is 5.69 Å². The minimum Gasteiger partial charge on any atom is -0.494 e. The van der Waals surface area contributed by atoms with Crippen LogP contribution in [0, 0.1) is 12.8 Å². The Morgan fingerprint density at radius 1 is 1.11 bits per heavy atom.